The third-order valence-electron chi connectivity index (χ3n) is 7.91. The van der Waals surface area contributed by atoms with Gasteiger partial charge in [0.1, 0.15) is 11.3 Å². The molecule has 2 aliphatic heterocycles. The lowest BCUT2D eigenvalue weighted by atomic mass is 9.72. The Labute approximate surface area is 202 Å². The van der Waals surface area contributed by atoms with Crippen LogP contribution in [0.15, 0.2) is 24.3 Å². The average Bonchev–Trinajstić information content (AvgIpc) is 3.31. The molecule has 7 nitrogen and oxygen atoms in total. The normalized spacial score (nSPS) is 29.5. The van der Waals surface area contributed by atoms with Crippen LogP contribution in [0.2, 0.25) is 0 Å². The van der Waals surface area contributed by atoms with Crippen LogP contribution in [-0.4, -0.2) is 46.5 Å². The molecular formula is C27H38N2O5. The summed E-state index contributed by atoms with van der Waals surface area (Å²) in [4.78, 5) is 41.4. The van der Waals surface area contributed by atoms with E-state index in [-0.39, 0.29) is 17.7 Å². The number of ether oxygens (including phenoxy) is 1. The fraction of sp³-hybridized carbons (Fsp3) is 0.667. The first-order chi connectivity index (χ1) is 16.4. The molecule has 1 aromatic rings. The lowest BCUT2D eigenvalue weighted by Gasteiger charge is -2.35. The minimum atomic E-state index is -1.43. The van der Waals surface area contributed by atoms with E-state index in [4.69, 9.17) is 4.74 Å². The molecule has 2 heterocycles. The van der Waals surface area contributed by atoms with E-state index in [0.29, 0.717) is 19.6 Å². The Morgan fingerprint density at radius 2 is 1.79 bits per heavy atom. The molecule has 0 bridgehead atoms. The van der Waals surface area contributed by atoms with E-state index < -0.39 is 29.4 Å². The lowest BCUT2D eigenvalue weighted by molar-refractivity contribution is -0.152. The highest BCUT2D eigenvalue weighted by atomic mass is 16.5. The van der Waals surface area contributed by atoms with Crippen molar-refractivity contribution in [3.05, 3.63) is 29.8 Å². The van der Waals surface area contributed by atoms with Gasteiger partial charge in [0.25, 0.3) is 0 Å². The third kappa shape index (κ3) is 4.47. The number of rotatable bonds is 10. The Balaban J connectivity index is 1.70. The molecule has 0 spiro atoms. The van der Waals surface area contributed by atoms with Gasteiger partial charge in [0, 0.05) is 12.6 Å². The molecule has 0 radical (unpaired) electrons. The molecule has 34 heavy (non-hydrogen) atoms. The summed E-state index contributed by atoms with van der Waals surface area (Å²) in [6.07, 6.45) is 8.18. The summed E-state index contributed by atoms with van der Waals surface area (Å²) in [6.45, 7) is 5.04. The van der Waals surface area contributed by atoms with Crippen LogP contribution in [0.3, 0.4) is 0 Å². The molecule has 3 aliphatic rings. The van der Waals surface area contributed by atoms with Crippen molar-refractivity contribution in [3.63, 3.8) is 0 Å². The Kier molecular flexibility index (Phi) is 7.60. The molecule has 1 aromatic carbocycles. The fourth-order valence-corrected chi connectivity index (χ4v) is 6.20. The van der Waals surface area contributed by atoms with Crippen LogP contribution in [0.4, 0.5) is 0 Å². The number of carboxylic acids is 1. The first kappa shape index (κ1) is 24.7. The fourth-order valence-electron chi connectivity index (χ4n) is 6.20. The molecule has 186 valence electrons. The molecule has 3 fully saturated rings. The number of amides is 2. The summed E-state index contributed by atoms with van der Waals surface area (Å²) < 4.78 is 5.69. The Hall–Kier alpha value is -2.41. The number of hydrogen-bond acceptors (Lipinski definition) is 5. The maximum atomic E-state index is 13.6. The minimum absolute atomic E-state index is 0.237. The van der Waals surface area contributed by atoms with Gasteiger partial charge < -0.3 is 9.84 Å². The van der Waals surface area contributed by atoms with Crippen LogP contribution >= 0.6 is 0 Å². The summed E-state index contributed by atoms with van der Waals surface area (Å²) in [6, 6.07) is 6.99. The second-order valence-corrected chi connectivity index (χ2v) is 10.2. The van der Waals surface area contributed by atoms with Gasteiger partial charge in [-0.1, -0.05) is 64.5 Å². The van der Waals surface area contributed by atoms with Crippen LogP contribution in [-0.2, 0) is 14.4 Å². The highest BCUT2D eigenvalue weighted by Crippen LogP contribution is 2.52. The van der Waals surface area contributed by atoms with Crippen molar-refractivity contribution in [2.24, 2.45) is 17.8 Å². The van der Waals surface area contributed by atoms with Gasteiger partial charge >= 0.3 is 5.97 Å². The number of carboxylic acid groups (broad SMARTS) is 1. The van der Waals surface area contributed by atoms with Gasteiger partial charge in [-0.05, 0) is 42.9 Å². The van der Waals surface area contributed by atoms with Crippen molar-refractivity contribution in [2.75, 3.05) is 13.2 Å². The quantitative estimate of drug-likeness (QED) is 0.495. The number of fused-ring (bicyclic) bond motifs is 1. The van der Waals surface area contributed by atoms with Gasteiger partial charge in [-0.15, -0.1) is 0 Å². The van der Waals surface area contributed by atoms with Gasteiger partial charge in [-0.25, -0.2) is 0 Å². The predicted molar refractivity (Wildman–Crippen MR) is 128 cm³/mol. The van der Waals surface area contributed by atoms with Gasteiger partial charge in [0.15, 0.2) is 0 Å². The van der Waals surface area contributed by atoms with Crippen molar-refractivity contribution in [2.45, 2.75) is 83.2 Å². The van der Waals surface area contributed by atoms with Crippen molar-refractivity contribution >= 4 is 17.8 Å². The van der Waals surface area contributed by atoms with Crippen LogP contribution in [0.1, 0.15) is 83.2 Å². The zero-order chi connectivity index (χ0) is 24.3. The number of carbonyl (C=O) groups excluding carboxylic acids is 2. The first-order valence-corrected chi connectivity index (χ1v) is 13.0. The van der Waals surface area contributed by atoms with Gasteiger partial charge in [0.2, 0.25) is 11.8 Å². The second-order valence-electron chi connectivity index (χ2n) is 10.2. The number of hydrogen-bond donors (Lipinski definition) is 2. The zero-order valence-electron chi connectivity index (χ0n) is 20.4. The van der Waals surface area contributed by atoms with Crippen LogP contribution in [0, 0.1) is 17.8 Å². The maximum Gasteiger partial charge on any atom is 0.324 e. The number of unbranched alkanes of at least 4 members (excludes halogenated alkanes) is 1. The number of aliphatic carboxylic acids is 1. The van der Waals surface area contributed by atoms with E-state index >= 15 is 0 Å². The predicted octanol–water partition coefficient (Wildman–Crippen LogP) is 4.31. The smallest absolute Gasteiger partial charge is 0.324 e. The average molecular weight is 471 g/mol. The molecular weight excluding hydrogens is 432 g/mol. The van der Waals surface area contributed by atoms with Crippen LogP contribution in [0.5, 0.6) is 5.75 Å². The largest absolute Gasteiger partial charge is 0.494 e. The SMILES string of the molecule is CCCCN1C(=O)C2C(c3ccc(OCCC)cc3)NC(CC3CCCCC3)(C(=O)O)C2C1=O. The number of nitrogens with zero attached hydrogens (tertiary/aromatic N) is 1. The van der Waals surface area contributed by atoms with E-state index in [1.54, 1.807) is 0 Å². The van der Waals surface area contributed by atoms with E-state index in [1.807, 2.05) is 38.1 Å². The third-order valence-corrected chi connectivity index (χ3v) is 7.91. The van der Waals surface area contributed by atoms with Crippen molar-refractivity contribution < 1.29 is 24.2 Å². The number of likely N-dealkylation sites (tertiary alicyclic amines) is 1. The first-order valence-electron chi connectivity index (χ1n) is 13.0. The molecule has 7 heteroatoms. The highest BCUT2D eigenvalue weighted by molar-refractivity contribution is 6.09. The Morgan fingerprint density at radius 1 is 1.09 bits per heavy atom. The molecule has 2 saturated heterocycles. The summed E-state index contributed by atoms with van der Waals surface area (Å²) >= 11 is 0. The van der Waals surface area contributed by atoms with Crippen molar-refractivity contribution in [1.29, 1.82) is 0 Å². The van der Waals surface area contributed by atoms with Crippen molar-refractivity contribution in [1.82, 2.24) is 10.2 Å². The minimum Gasteiger partial charge on any atom is -0.494 e. The topological polar surface area (TPSA) is 95.9 Å². The van der Waals surface area contributed by atoms with E-state index in [1.165, 1.54) is 11.3 Å². The number of benzene rings is 1. The van der Waals surface area contributed by atoms with Crippen LogP contribution in [0.25, 0.3) is 0 Å². The Bertz CT molecular complexity index is 895. The van der Waals surface area contributed by atoms with E-state index in [2.05, 4.69) is 5.32 Å². The summed E-state index contributed by atoms with van der Waals surface area (Å²) in [5.41, 5.74) is -0.605. The monoisotopic (exact) mass is 470 g/mol. The van der Waals surface area contributed by atoms with E-state index in [9.17, 15) is 19.5 Å². The van der Waals surface area contributed by atoms with Gasteiger partial charge in [-0.2, -0.15) is 0 Å². The molecule has 0 aromatic heterocycles. The summed E-state index contributed by atoms with van der Waals surface area (Å²) in [5.74, 6) is -2.17. The summed E-state index contributed by atoms with van der Waals surface area (Å²) in [5, 5.41) is 13.9. The van der Waals surface area contributed by atoms with Gasteiger partial charge in [-0.3, -0.25) is 24.6 Å². The maximum absolute atomic E-state index is 13.6. The summed E-state index contributed by atoms with van der Waals surface area (Å²) in [7, 11) is 0. The number of carbonyl (C=O) groups is 3. The van der Waals surface area contributed by atoms with Crippen molar-refractivity contribution in [3.8, 4) is 5.75 Å². The zero-order valence-corrected chi connectivity index (χ0v) is 20.4. The molecule has 2 N–H and O–H groups in total. The number of nitrogens with one attached hydrogen (secondary N) is 1. The second kappa shape index (κ2) is 10.5. The molecule has 4 unspecified atom stereocenters. The number of imide groups is 1. The highest BCUT2D eigenvalue weighted by Gasteiger charge is 2.68. The Morgan fingerprint density at radius 3 is 2.41 bits per heavy atom. The van der Waals surface area contributed by atoms with Gasteiger partial charge in [0.05, 0.1) is 18.4 Å². The van der Waals surface area contributed by atoms with Crippen LogP contribution < -0.4 is 10.1 Å². The standard InChI is InChI=1S/C27H38N2O5/c1-3-5-15-29-24(30)21-22(25(29)31)27(26(32)33,17-18-9-7-6-8-10-18)28-23(21)19-11-13-20(14-12-19)34-16-4-2/h11-14,18,21-23,28H,3-10,15-17H2,1-2H3,(H,32,33). The molecule has 1 saturated carbocycles. The van der Waals surface area contributed by atoms with E-state index in [0.717, 1.165) is 56.3 Å². The molecule has 4 rings (SSSR count). The molecule has 1 aliphatic carbocycles. The molecule has 4 atom stereocenters. The molecule has 2 amide bonds. The lowest BCUT2D eigenvalue weighted by Crippen LogP contribution is -2.56.